The molecule has 3 rings (SSSR count). The molecule has 1 aromatic rings. The van der Waals surface area contributed by atoms with Crippen LogP contribution in [0.1, 0.15) is 36.8 Å². The Labute approximate surface area is 143 Å². The summed E-state index contributed by atoms with van der Waals surface area (Å²) in [5.74, 6) is -0.232. The SMILES string of the molecule is Cc1ccc(C)c(S(=O)(=O)C2(C(=O)N3CCOCC3)CCCC2)c1. The van der Waals surface area contributed by atoms with E-state index in [2.05, 4.69) is 0 Å². The third kappa shape index (κ3) is 2.75. The Morgan fingerprint density at radius 2 is 1.75 bits per heavy atom. The summed E-state index contributed by atoms with van der Waals surface area (Å²) < 4.78 is 31.1. The van der Waals surface area contributed by atoms with Gasteiger partial charge in [-0.05, 0) is 43.9 Å². The lowest BCUT2D eigenvalue weighted by atomic mass is 10.1. The highest BCUT2D eigenvalue weighted by atomic mass is 32.2. The zero-order valence-electron chi connectivity index (χ0n) is 14.4. The molecule has 1 aliphatic heterocycles. The van der Waals surface area contributed by atoms with Crippen LogP contribution in [0, 0.1) is 13.8 Å². The van der Waals surface area contributed by atoms with E-state index in [4.69, 9.17) is 4.74 Å². The summed E-state index contributed by atoms with van der Waals surface area (Å²) in [6.07, 6.45) is 2.39. The minimum Gasteiger partial charge on any atom is -0.378 e. The fourth-order valence-electron chi connectivity index (χ4n) is 3.81. The van der Waals surface area contributed by atoms with E-state index in [1.807, 2.05) is 19.1 Å². The van der Waals surface area contributed by atoms with Crippen LogP contribution in [0.25, 0.3) is 0 Å². The molecular formula is C18H25NO4S. The number of nitrogens with zero attached hydrogens (tertiary/aromatic N) is 1. The summed E-state index contributed by atoms with van der Waals surface area (Å²) in [7, 11) is -3.73. The Balaban J connectivity index is 2.06. The van der Waals surface area contributed by atoms with Gasteiger partial charge in [0.15, 0.2) is 14.6 Å². The molecule has 0 aromatic heterocycles. The monoisotopic (exact) mass is 351 g/mol. The van der Waals surface area contributed by atoms with Gasteiger partial charge in [0.1, 0.15) is 0 Å². The molecule has 5 nitrogen and oxygen atoms in total. The van der Waals surface area contributed by atoms with Crippen LogP contribution in [-0.4, -0.2) is 50.3 Å². The van der Waals surface area contributed by atoms with Gasteiger partial charge in [0.2, 0.25) is 5.91 Å². The first-order valence-electron chi connectivity index (χ1n) is 8.57. The first-order valence-corrected chi connectivity index (χ1v) is 10.1. The highest BCUT2D eigenvalue weighted by Gasteiger charge is 2.54. The van der Waals surface area contributed by atoms with Crippen molar-refractivity contribution in [3.05, 3.63) is 29.3 Å². The second kappa shape index (κ2) is 6.48. The Hall–Kier alpha value is -1.40. The molecule has 1 heterocycles. The van der Waals surface area contributed by atoms with Crippen LogP contribution in [0.3, 0.4) is 0 Å². The number of hydrogen-bond donors (Lipinski definition) is 0. The molecule has 132 valence electrons. The quantitative estimate of drug-likeness (QED) is 0.838. The van der Waals surface area contributed by atoms with Crippen molar-refractivity contribution in [1.29, 1.82) is 0 Å². The van der Waals surface area contributed by atoms with Crippen LogP contribution in [0.4, 0.5) is 0 Å². The third-order valence-electron chi connectivity index (χ3n) is 5.25. The first-order chi connectivity index (χ1) is 11.4. The summed E-state index contributed by atoms with van der Waals surface area (Å²) in [5.41, 5.74) is 1.60. The maximum absolute atomic E-state index is 13.5. The average Bonchev–Trinajstić information content (AvgIpc) is 3.08. The molecule has 2 aliphatic rings. The summed E-state index contributed by atoms with van der Waals surface area (Å²) in [4.78, 5) is 15.2. The summed E-state index contributed by atoms with van der Waals surface area (Å²) in [5, 5.41) is 0. The topological polar surface area (TPSA) is 63.7 Å². The van der Waals surface area contributed by atoms with Crippen LogP contribution in [0.2, 0.25) is 0 Å². The Morgan fingerprint density at radius 1 is 1.12 bits per heavy atom. The second-order valence-electron chi connectivity index (χ2n) is 6.88. The molecule has 0 atom stereocenters. The molecule has 1 aliphatic carbocycles. The first kappa shape index (κ1) is 17.4. The fraction of sp³-hybridized carbons (Fsp3) is 0.611. The molecule has 1 saturated carbocycles. The predicted octanol–water partition coefficient (Wildman–Crippen LogP) is 2.25. The van der Waals surface area contributed by atoms with E-state index < -0.39 is 14.6 Å². The molecule has 1 amide bonds. The lowest BCUT2D eigenvalue weighted by Gasteiger charge is -2.36. The average molecular weight is 351 g/mol. The Kier molecular flexibility index (Phi) is 4.71. The van der Waals surface area contributed by atoms with Gasteiger partial charge in [-0.15, -0.1) is 0 Å². The molecule has 0 bridgehead atoms. The minimum absolute atomic E-state index is 0.232. The van der Waals surface area contributed by atoms with Crippen LogP contribution in [0.15, 0.2) is 23.1 Å². The normalized spacial score (nSPS) is 21.0. The van der Waals surface area contributed by atoms with Crippen molar-refractivity contribution in [3.8, 4) is 0 Å². The molecule has 1 aromatic carbocycles. The number of ether oxygens (including phenoxy) is 1. The van der Waals surface area contributed by atoms with E-state index in [1.165, 1.54) is 0 Å². The molecule has 24 heavy (non-hydrogen) atoms. The van der Waals surface area contributed by atoms with Crippen LogP contribution >= 0.6 is 0 Å². The largest absolute Gasteiger partial charge is 0.378 e. The maximum Gasteiger partial charge on any atom is 0.244 e. The van der Waals surface area contributed by atoms with Crippen LogP contribution < -0.4 is 0 Å². The van der Waals surface area contributed by atoms with Crippen LogP contribution in [0.5, 0.6) is 0 Å². The molecule has 0 radical (unpaired) electrons. The van der Waals surface area contributed by atoms with E-state index >= 15 is 0 Å². The molecular weight excluding hydrogens is 326 g/mol. The van der Waals surface area contributed by atoms with Crippen LogP contribution in [-0.2, 0) is 19.4 Å². The van der Waals surface area contributed by atoms with Gasteiger partial charge in [0.05, 0.1) is 18.1 Å². The lowest BCUT2D eigenvalue weighted by Crippen LogP contribution is -2.55. The molecule has 0 unspecified atom stereocenters. The van der Waals surface area contributed by atoms with E-state index in [1.54, 1.807) is 17.9 Å². The highest BCUT2D eigenvalue weighted by molar-refractivity contribution is 7.93. The number of carbonyl (C=O) groups excluding carboxylic acids is 1. The summed E-state index contributed by atoms with van der Waals surface area (Å²) in [6, 6.07) is 5.43. The number of aryl methyl sites for hydroxylation is 2. The van der Waals surface area contributed by atoms with Crippen molar-refractivity contribution in [2.75, 3.05) is 26.3 Å². The fourth-order valence-corrected chi connectivity index (χ4v) is 6.24. The molecule has 6 heteroatoms. The third-order valence-corrected chi connectivity index (χ3v) is 7.88. The highest BCUT2D eigenvalue weighted by Crippen LogP contribution is 2.43. The van der Waals surface area contributed by atoms with E-state index in [9.17, 15) is 13.2 Å². The van der Waals surface area contributed by atoms with Crippen molar-refractivity contribution in [1.82, 2.24) is 4.90 Å². The van der Waals surface area contributed by atoms with Gasteiger partial charge in [0.25, 0.3) is 0 Å². The zero-order chi connectivity index (χ0) is 17.4. The molecule has 0 N–H and O–H groups in total. The van der Waals surface area contributed by atoms with Gasteiger partial charge in [-0.1, -0.05) is 25.0 Å². The van der Waals surface area contributed by atoms with Gasteiger partial charge in [-0.2, -0.15) is 0 Å². The number of morpholine rings is 1. The molecule has 0 spiro atoms. The number of benzene rings is 1. The Bertz CT molecular complexity index is 729. The summed E-state index contributed by atoms with van der Waals surface area (Å²) >= 11 is 0. The number of sulfone groups is 1. The van der Waals surface area contributed by atoms with E-state index in [-0.39, 0.29) is 5.91 Å². The molecule has 2 fully saturated rings. The molecule has 1 saturated heterocycles. The van der Waals surface area contributed by atoms with Gasteiger partial charge in [-0.25, -0.2) is 8.42 Å². The number of amides is 1. The minimum atomic E-state index is -3.73. The lowest BCUT2D eigenvalue weighted by molar-refractivity contribution is -0.138. The van der Waals surface area contributed by atoms with E-state index in [0.717, 1.165) is 18.4 Å². The van der Waals surface area contributed by atoms with Gasteiger partial charge in [0, 0.05) is 13.1 Å². The van der Waals surface area contributed by atoms with Crippen molar-refractivity contribution >= 4 is 15.7 Å². The maximum atomic E-state index is 13.5. The standard InChI is InChI=1S/C18H25NO4S/c1-14-5-6-15(2)16(13-14)24(21,22)18(7-3-4-8-18)17(20)19-9-11-23-12-10-19/h5-6,13H,3-4,7-12H2,1-2H3. The van der Waals surface area contributed by atoms with Crippen molar-refractivity contribution < 1.29 is 17.9 Å². The number of rotatable bonds is 3. The Morgan fingerprint density at radius 3 is 2.38 bits per heavy atom. The predicted molar refractivity (Wildman–Crippen MR) is 91.7 cm³/mol. The van der Waals surface area contributed by atoms with Crippen molar-refractivity contribution in [2.24, 2.45) is 0 Å². The van der Waals surface area contributed by atoms with Gasteiger partial charge in [-0.3, -0.25) is 4.79 Å². The zero-order valence-corrected chi connectivity index (χ0v) is 15.2. The number of carbonyl (C=O) groups is 1. The summed E-state index contributed by atoms with van der Waals surface area (Å²) in [6.45, 7) is 5.58. The smallest absolute Gasteiger partial charge is 0.244 e. The number of hydrogen-bond acceptors (Lipinski definition) is 4. The van der Waals surface area contributed by atoms with Crippen molar-refractivity contribution in [2.45, 2.75) is 49.2 Å². The van der Waals surface area contributed by atoms with Gasteiger partial charge < -0.3 is 9.64 Å². The van der Waals surface area contributed by atoms with Gasteiger partial charge >= 0.3 is 0 Å². The van der Waals surface area contributed by atoms with Crippen molar-refractivity contribution in [3.63, 3.8) is 0 Å². The second-order valence-corrected chi connectivity index (χ2v) is 9.11. The van der Waals surface area contributed by atoms with E-state index in [0.29, 0.717) is 49.6 Å².